The van der Waals surface area contributed by atoms with Crippen LogP contribution in [-0.4, -0.2) is 56.0 Å². The maximum absolute atomic E-state index is 12.6. The molecule has 2 N–H and O–H groups in total. The number of H-pyrrole nitrogens is 1. The van der Waals surface area contributed by atoms with Crippen molar-refractivity contribution in [2.75, 3.05) is 20.2 Å². The Balaban J connectivity index is 1.55. The molecule has 9 heteroatoms. The fourth-order valence-corrected chi connectivity index (χ4v) is 3.51. The number of carbonyl (C=O) groups is 1. The van der Waals surface area contributed by atoms with Gasteiger partial charge in [-0.2, -0.15) is 0 Å². The molecule has 1 aromatic carbocycles. The molecule has 2 aromatic heterocycles. The van der Waals surface area contributed by atoms with Gasteiger partial charge in [0.2, 0.25) is 0 Å². The second kappa shape index (κ2) is 7.34. The van der Waals surface area contributed by atoms with Crippen LogP contribution in [0.15, 0.2) is 35.3 Å². The quantitative estimate of drug-likeness (QED) is 0.713. The maximum atomic E-state index is 12.6. The Morgan fingerprint density at radius 1 is 1.29 bits per heavy atom. The first-order chi connectivity index (χ1) is 13.5. The number of nitrogens with one attached hydrogen (secondary N) is 1. The molecule has 1 aliphatic rings. The zero-order valence-electron chi connectivity index (χ0n) is 15.5. The van der Waals surface area contributed by atoms with Gasteiger partial charge in [-0.3, -0.25) is 9.89 Å². The Morgan fingerprint density at radius 3 is 2.64 bits per heavy atom. The molecule has 0 spiro atoms. The zero-order valence-corrected chi connectivity index (χ0v) is 15.5. The summed E-state index contributed by atoms with van der Waals surface area (Å²) < 4.78 is 6.66. The van der Waals surface area contributed by atoms with Crippen LogP contribution in [0, 0.1) is 0 Å². The molecule has 0 saturated carbocycles. The number of carboxylic acid groups (broad SMARTS) is 1. The molecule has 4 rings (SSSR count). The molecule has 1 fully saturated rings. The van der Waals surface area contributed by atoms with E-state index in [9.17, 15) is 9.59 Å². The Labute approximate surface area is 160 Å². The summed E-state index contributed by atoms with van der Waals surface area (Å²) in [6, 6.07) is 7.52. The third kappa shape index (κ3) is 3.42. The van der Waals surface area contributed by atoms with E-state index >= 15 is 0 Å². The standard InChI is InChI=1S/C19H21N5O4/c1-28-14-4-2-12(3-5-14)11-24-18(25)15-10-20-16(21-17(15)22-24)13-6-8-23(9-7-13)19(26)27/h2-5,10,13H,6-9,11H2,1H3,(H,26,27)(H,20,21,22). The number of likely N-dealkylation sites (tertiary alicyclic amines) is 1. The number of methoxy groups -OCH3 is 1. The summed E-state index contributed by atoms with van der Waals surface area (Å²) in [5, 5.41) is 12.6. The van der Waals surface area contributed by atoms with E-state index in [2.05, 4.69) is 15.1 Å². The predicted octanol–water partition coefficient (Wildman–Crippen LogP) is 2.03. The van der Waals surface area contributed by atoms with Gasteiger partial charge in [-0.05, 0) is 30.5 Å². The summed E-state index contributed by atoms with van der Waals surface area (Å²) in [7, 11) is 1.61. The molecule has 3 heterocycles. The number of piperidine rings is 1. The Hall–Kier alpha value is -3.36. The molecule has 3 aromatic rings. The average Bonchev–Trinajstić information content (AvgIpc) is 3.03. The second-order valence-corrected chi connectivity index (χ2v) is 6.89. The van der Waals surface area contributed by atoms with Crippen molar-refractivity contribution in [3.8, 4) is 5.75 Å². The van der Waals surface area contributed by atoms with Crippen LogP contribution in [0.25, 0.3) is 11.0 Å². The summed E-state index contributed by atoms with van der Waals surface area (Å²) >= 11 is 0. The van der Waals surface area contributed by atoms with Gasteiger partial charge in [-0.25, -0.2) is 19.4 Å². The average molecular weight is 383 g/mol. The third-order valence-corrected chi connectivity index (χ3v) is 5.15. The van der Waals surface area contributed by atoms with Gasteiger partial charge in [0.25, 0.3) is 5.56 Å². The molecule has 0 unspecified atom stereocenters. The van der Waals surface area contributed by atoms with Crippen LogP contribution in [0.3, 0.4) is 0 Å². The van der Waals surface area contributed by atoms with Crippen molar-refractivity contribution in [3.63, 3.8) is 0 Å². The van der Waals surface area contributed by atoms with Crippen LogP contribution >= 0.6 is 0 Å². The van der Waals surface area contributed by atoms with Crippen LogP contribution in [0.4, 0.5) is 4.79 Å². The van der Waals surface area contributed by atoms with Crippen molar-refractivity contribution in [2.24, 2.45) is 0 Å². The number of rotatable bonds is 4. The van der Waals surface area contributed by atoms with Gasteiger partial charge in [-0.1, -0.05) is 12.1 Å². The molecule has 146 valence electrons. The minimum atomic E-state index is -0.894. The number of hydrogen-bond donors (Lipinski definition) is 2. The molecule has 1 amide bonds. The topological polar surface area (TPSA) is 113 Å². The highest BCUT2D eigenvalue weighted by Crippen LogP contribution is 2.26. The van der Waals surface area contributed by atoms with Gasteiger partial charge in [0, 0.05) is 25.2 Å². The summed E-state index contributed by atoms with van der Waals surface area (Å²) in [6.07, 6.45) is 2.02. The van der Waals surface area contributed by atoms with E-state index < -0.39 is 6.09 Å². The number of nitrogens with zero attached hydrogens (tertiary/aromatic N) is 4. The van der Waals surface area contributed by atoms with Crippen molar-refractivity contribution in [3.05, 3.63) is 52.2 Å². The number of aromatic amines is 1. The molecule has 0 aliphatic carbocycles. The monoisotopic (exact) mass is 383 g/mol. The molecule has 28 heavy (non-hydrogen) atoms. The van der Waals surface area contributed by atoms with Crippen LogP contribution in [-0.2, 0) is 6.54 Å². The van der Waals surface area contributed by atoms with E-state index in [0.717, 1.165) is 11.3 Å². The number of hydrogen-bond acceptors (Lipinski definition) is 5. The minimum Gasteiger partial charge on any atom is -0.497 e. The van der Waals surface area contributed by atoms with E-state index in [4.69, 9.17) is 9.84 Å². The Morgan fingerprint density at radius 2 is 2.00 bits per heavy atom. The summed E-state index contributed by atoms with van der Waals surface area (Å²) in [6.45, 7) is 1.33. The molecule has 0 bridgehead atoms. The highest BCUT2D eigenvalue weighted by atomic mass is 16.5. The first kappa shape index (κ1) is 18.0. The molecular weight excluding hydrogens is 362 g/mol. The lowest BCUT2D eigenvalue weighted by Crippen LogP contribution is -2.37. The van der Waals surface area contributed by atoms with Gasteiger partial charge < -0.3 is 14.7 Å². The molecule has 0 radical (unpaired) electrons. The summed E-state index contributed by atoms with van der Waals surface area (Å²) in [5.74, 6) is 1.50. The highest BCUT2D eigenvalue weighted by Gasteiger charge is 2.25. The first-order valence-electron chi connectivity index (χ1n) is 9.11. The number of benzene rings is 1. The fourth-order valence-electron chi connectivity index (χ4n) is 3.51. The lowest BCUT2D eigenvalue weighted by molar-refractivity contribution is 0.131. The van der Waals surface area contributed by atoms with Gasteiger partial charge in [0.1, 0.15) is 17.0 Å². The lowest BCUT2D eigenvalue weighted by atomic mass is 9.96. The van der Waals surface area contributed by atoms with Gasteiger partial charge in [-0.15, -0.1) is 0 Å². The molecule has 0 atom stereocenters. The first-order valence-corrected chi connectivity index (χ1v) is 9.11. The normalized spacial score (nSPS) is 15.1. The molecular formula is C19H21N5O4. The van der Waals surface area contributed by atoms with Crippen LogP contribution in [0.2, 0.25) is 0 Å². The van der Waals surface area contributed by atoms with E-state index in [1.165, 1.54) is 9.58 Å². The van der Waals surface area contributed by atoms with Crippen molar-refractivity contribution >= 4 is 17.1 Å². The van der Waals surface area contributed by atoms with Gasteiger partial charge >= 0.3 is 6.09 Å². The summed E-state index contributed by atoms with van der Waals surface area (Å²) in [4.78, 5) is 34.0. The maximum Gasteiger partial charge on any atom is 0.407 e. The van der Waals surface area contributed by atoms with Gasteiger partial charge in [0.15, 0.2) is 5.65 Å². The van der Waals surface area contributed by atoms with Crippen molar-refractivity contribution in [2.45, 2.75) is 25.3 Å². The smallest absolute Gasteiger partial charge is 0.407 e. The second-order valence-electron chi connectivity index (χ2n) is 6.89. The van der Waals surface area contributed by atoms with Crippen molar-refractivity contribution in [1.29, 1.82) is 0 Å². The van der Waals surface area contributed by atoms with Gasteiger partial charge in [0.05, 0.1) is 13.7 Å². The number of aromatic nitrogens is 4. The lowest BCUT2D eigenvalue weighted by Gasteiger charge is -2.28. The number of ether oxygens (including phenoxy) is 1. The van der Waals surface area contributed by atoms with Crippen LogP contribution in [0.1, 0.15) is 30.1 Å². The SMILES string of the molecule is COc1ccc(Cn2[nH]c3nc(C4CCN(C(=O)O)CC4)ncc3c2=O)cc1. The van der Waals surface area contributed by atoms with Crippen molar-refractivity contribution < 1.29 is 14.6 Å². The minimum absolute atomic E-state index is 0.0911. The van der Waals surface area contributed by atoms with E-state index in [0.29, 0.717) is 49.3 Å². The Bertz CT molecular complexity index is 1050. The number of amides is 1. The number of fused-ring (bicyclic) bond motifs is 1. The Kier molecular flexibility index (Phi) is 4.72. The van der Waals surface area contributed by atoms with Crippen molar-refractivity contribution in [1.82, 2.24) is 24.6 Å². The van der Waals surface area contributed by atoms with Crippen LogP contribution < -0.4 is 10.3 Å². The predicted molar refractivity (Wildman–Crippen MR) is 102 cm³/mol. The molecule has 1 aliphatic heterocycles. The molecule has 1 saturated heterocycles. The zero-order chi connectivity index (χ0) is 19.7. The molecule has 9 nitrogen and oxygen atoms in total. The fraction of sp³-hybridized carbons (Fsp3) is 0.368. The highest BCUT2D eigenvalue weighted by molar-refractivity contribution is 5.72. The van der Waals surface area contributed by atoms with E-state index in [1.54, 1.807) is 13.3 Å². The summed E-state index contributed by atoms with van der Waals surface area (Å²) in [5.41, 5.74) is 1.30. The van der Waals surface area contributed by atoms with Crippen LogP contribution in [0.5, 0.6) is 5.75 Å². The van der Waals surface area contributed by atoms with E-state index in [1.807, 2.05) is 24.3 Å². The largest absolute Gasteiger partial charge is 0.497 e. The van der Waals surface area contributed by atoms with E-state index in [-0.39, 0.29) is 11.5 Å². The third-order valence-electron chi connectivity index (χ3n) is 5.15.